The van der Waals surface area contributed by atoms with E-state index >= 15 is 0 Å². The second kappa shape index (κ2) is 3.95. The SMILES string of the molecule is Cc1cncn1[C@H]1c2ccccc2C(=O)OC1(C)C. The molecule has 1 aliphatic heterocycles. The Labute approximate surface area is 112 Å². The summed E-state index contributed by atoms with van der Waals surface area (Å²) in [5, 5.41) is 0. The Morgan fingerprint density at radius 1 is 1.32 bits per heavy atom. The number of hydrogen-bond donors (Lipinski definition) is 0. The third-order valence-corrected chi connectivity index (χ3v) is 3.63. The van der Waals surface area contributed by atoms with Crippen LogP contribution in [0.25, 0.3) is 0 Å². The van der Waals surface area contributed by atoms with Crippen molar-refractivity contribution in [2.24, 2.45) is 0 Å². The smallest absolute Gasteiger partial charge is 0.339 e. The van der Waals surface area contributed by atoms with E-state index in [1.54, 1.807) is 6.33 Å². The van der Waals surface area contributed by atoms with Crippen molar-refractivity contribution in [1.82, 2.24) is 9.55 Å². The third-order valence-electron chi connectivity index (χ3n) is 3.63. The number of carbonyl (C=O) groups is 1. The first-order valence-electron chi connectivity index (χ1n) is 6.31. The predicted molar refractivity (Wildman–Crippen MR) is 71.0 cm³/mol. The quantitative estimate of drug-likeness (QED) is 0.737. The van der Waals surface area contributed by atoms with Gasteiger partial charge in [0.05, 0.1) is 17.9 Å². The molecule has 0 bridgehead atoms. The molecular weight excluding hydrogens is 240 g/mol. The lowest BCUT2D eigenvalue weighted by Crippen LogP contribution is -2.43. The molecule has 19 heavy (non-hydrogen) atoms. The van der Waals surface area contributed by atoms with E-state index in [4.69, 9.17) is 4.74 Å². The molecule has 2 heterocycles. The molecule has 0 amide bonds. The summed E-state index contributed by atoms with van der Waals surface area (Å²) in [4.78, 5) is 16.2. The van der Waals surface area contributed by atoms with Crippen molar-refractivity contribution in [3.8, 4) is 0 Å². The van der Waals surface area contributed by atoms with Crippen LogP contribution in [0.1, 0.15) is 41.5 Å². The van der Waals surface area contributed by atoms with Gasteiger partial charge in [-0.3, -0.25) is 0 Å². The summed E-state index contributed by atoms with van der Waals surface area (Å²) in [5.41, 5.74) is 2.08. The molecule has 0 spiro atoms. The number of cyclic esters (lactones) is 1. The molecule has 1 aromatic heterocycles. The van der Waals surface area contributed by atoms with Crippen LogP contribution < -0.4 is 0 Å². The van der Waals surface area contributed by atoms with Crippen LogP contribution in [-0.2, 0) is 4.74 Å². The Bertz CT molecular complexity index is 643. The molecule has 3 rings (SSSR count). The summed E-state index contributed by atoms with van der Waals surface area (Å²) in [6, 6.07) is 7.56. The van der Waals surface area contributed by atoms with Crippen LogP contribution in [0, 0.1) is 6.92 Å². The van der Waals surface area contributed by atoms with Crippen LogP contribution in [-0.4, -0.2) is 21.1 Å². The van der Waals surface area contributed by atoms with Gasteiger partial charge in [-0.05, 0) is 32.4 Å². The Balaban J connectivity index is 2.24. The van der Waals surface area contributed by atoms with Crippen molar-refractivity contribution in [3.05, 3.63) is 53.6 Å². The van der Waals surface area contributed by atoms with E-state index in [9.17, 15) is 4.79 Å². The molecule has 0 saturated carbocycles. The van der Waals surface area contributed by atoms with Crippen molar-refractivity contribution in [1.29, 1.82) is 0 Å². The van der Waals surface area contributed by atoms with E-state index < -0.39 is 5.60 Å². The summed E-state index contributed by atoms with van der Waals surface area (Å²) < 4.78 is 7.66. The Hall–Kier alpha value is -2.10. The Morgan fingerprint density at radius 2 is 2.05 bits per heavy atom. The second-order valence-electron chi connectivity index (χ2n) is 5.43. The first-order valence-corrected chi connectivity index (χ1v) is 6.31. The predicted octanol–water partition coefficient (Wildman–Crippen LogP) is 2.73. The zero-order valence-electron chi connectivity index (χ0n) is 11.3. The molecule has 0 unspecified atom stereocenters. The van der Waals surface area contributed by atoms with E-state index in [0.717, 1.165) is 11.3 Å². The number of aryl methyl sites for hydroxylation is 1. The highest BCUT2D eigenvalue weighted by Crippen LogP contribution is 2.40. The first-order chi connectivity index (χ1) is 9.00. The maximum atomic E-state index is 12.1. The van der Waals surface area contributed by atoms with E-state index in [1.807, 2.05) is 51.2 Å². The van der Waals surface area contributed by atoms with Crippen molar-refractivity contribution in [3.63, 3.8) is 0 Å². The van der Waals surface area contributed by atoms with Crippen LogP contribution in [0.3, 0.4) is 0 Å². The summed E-state index contributed by atoms with van der Waals surface area (Å²) in [5.74, 6) is -0.255. The largest absolute Gasteiger partial charge is 0.453 e. The lowest BCUT2D eigenvalue weighted by atomic mass is 9.85. The molecule has 1 aliphatic rings. The van der Waals surface area contributed by atoms with Gasteiger partial charge >= 0.3 is 5.97 Å². The van der Waals surface area contributed by atoms with E-state index in [-0.39, 0.29) is 12.0 Å². The lowest BCUT2D eigenvalue weighted by molar-refractivity contribution is -0.0264. The van der Waals surface area contributed by atoms with Crippen molar-refractivity contribution in [2.75, 3.05) is 0 Å². The van der Waals surface area contributed by atoms with Gasteiger partial charge in [0.25, 0.3) is 0 Å². The lowest BCUT2D eigenvalue weighted by Gasteiger charge is -2.40. The fraction of sp³-hybridized carbons (Fsp3) is 0.333. The number of aromatic nitrogens is 2. The average molecular weight is 256 g/mol. The maximum absolute atomic E-state index is 12.1. The Morgan fingerprint density at radius 3 is 2.74 bits per heavy atom. The van der Waals surface area contributed by atoms with Crippen molar-refractivity contribution < 1.29 is 9.53 Å². The highest BCUT2D eigenvalue weighted by atomic mass is 16.6. The minimum atomic E-state index is -0.600. The van der Waals surface area contributed by atoms with Crippen LogP contribution in [0.15, 0.2) is 36.8 Å². The van der Waals surface area contributed by atoms with Gasteiger partial charge in [-0.25, -0.2) is 9.78 Å². The van der Waals surface area contributed by atoms with Crippen LogP contribution >= 0.6 is 0 Å². The standard InChI is InChI=1S/C15H16N2O2/c1-10-8-16-9-17(10)13-11-6-4-5-7-12(11)14(18)19-15(13,2)3/h4-9,13H,1-3H3/t13-/m0/s1. The number of ether oxygens (including phenoxy) is 1. The third kappa shape index (κ3) is 1.75. The average Bonchev–Trinajstić information content (AvgIpc) is 2.75. The monoisotopic (exact) mass is 256 g/mol. The van der Waals surface area contributed by atoms with Crippen LogP contribution in [0.2, 0.25) is 0 Å². The zero-order chi connectivity index (χ0) is 13.6. The topological polar surface area (TPSA) is 44.1 Å². The van der Waals surface area contributed by atoms with Gasteiger partial charge in [-0.2, -0.15) is 0 Å². The zero-order valence-corrected chi connectivity index (χ0v) is 11.3. The van der Waals surface area contributed by atoms with Crippen LogP contribution in [0.4, 0.5) is 0 Å². The van der Waals surface area contributed by atoms with Crippen LogP contribution in [0.5, 0.6) is 0 Å². The minimum absolute atomic E-state index is 0.0519. The molecular formula is C15H16N2O2. The highest BCUT2D eigenvalue weighted by molar-refractivity contribution is 5.92. The maximum Gasteiger partial charge on any atom is 0.339 e. The van der Waals surface area contributed by atoms with E-state index in [1.165, 1.54) is 0 Å². The number of imidazole rings is 1. The number of benzene rings is 1. The van der Waals surface area contributed by atoms with Crippen molar-refractivity contribution >= 4 is 5.97 Å². The number of hydrogen-bond acceptors (Lipinski definition) is 3. The van der Waals surface area contributed by atoms with E-state index in [2.05, 4.69) is 9.55 Å². The number of fused-ring (bicyclic) bond motifs is 1. The normalized spacial score (nSPS) is 20.8. The van der Waals surface area contributed by atoms with Gasteiger partial charge in [0.15, 0.2) is 0 Å². The number of carbonyl (C=O) groups excluding carboxylic acids is 1. The second-order valence-corrected chi connectivity index (χ2v) is 5.43. The molecule has 0 fully saturated rings. The Kier molecular flexibility index (Phi) is 2.49. The fourth-order valence-corrected chi connectivity index (χ4v) is 2.77. The molecule has 2 aromatic rings. The summed E-state index contributed by atoms with van der Waals surface area (Å²) in [6.07, 6.45) is 3.60. The number of nitrogens with zero attached hydrogens (tertiary/aromatic N) is 2. The van der Waals surface area contributed by atoms with Gasteiger partial charge in [0.1, 0.15) is 5.60 Å². The van der Waals surface area contributed by atoms with Gasteiger partial charge in [0, 0.05) is 11.9 Å². The molecule has 4 heteroatoms. The molecule has 1 atom stereocenters. The summed E-state index contributed by atoms with van der Waals surface area (Å²) in [7, 11) is 0. The highest BCUT2D eigenvalue weighted by Gasteiger charge is 2.42. The molecule has 0 aliphatic carbocycles. The molecule has 0 saturated heterocycles. The van der Waals surface area contributed by atoms with E-state index in [0.29, 0.717) is 5.56 Å². The number of esters is 1. The van der Waals surface area contributed by atoms with Gasteiger partial charge < -0.3 is 9.30 Å². The molecule has 0 N–H and O–H groups in total. The minimum Gasteiger partial charge on any atom is -0.453 e. The summed E-state index contributed by atoms with van der Waals surface area (Å²) >= 11 is 0. The molecule has 1 aromatic carbocycles. The van der Waals surface area contributed by atoms with Gasteiger partial charge in [0.2, 0.25) is 0 Å². The molecule has 0 radical (unpaired) electrons. The molecule has 4 nitrogen and oxygen atoms in total. The van der Waals surface area contributed by atoms with Gasteiger partial charge in [-0.15, -0.1) is 0 Å². The first kappa shape index (κ1) is 12.0. The molecule has 98 valence electrons. The fourth-order valence-electron chi connectivity index (χ4n) is 2.77. The van der Waals surface area contributed by atoms with Gasteiger partial charge in [-0.1, -0.05) is 18.2 Å². The summed E-state index contributed by atoms with van der Waals surface area (Å²) in [6.45, 7) is 5.87. The van der Waals surface area contributed by atoms with Crippen molar-refractivity contribution in [2.45, 2.75) is 32.4 Å². The number of rotatable bonds is 1.